The van der Waals surface area contributed by atoms with Crippen molar-refractivity contribution in [3.8, 4) is 0 Å². The molecule has 0 radical (unpaired) electrons. The van der Waals surface area contributed by atoms with Crippen LogP contribution in [-0.4, -0.2) is 63.2 Å². The number of rotatable bonds is 9. The molecular weight excluding hydrogens is 536 g/mol. The van der Waals surface area contributed by atoms with Gasteiger partial charge in [-0.25, -0.2) is 27.5 Å². The van der Waals surface area contributed by atoms with Gasteiger partial charge in [0.15, 0.2) is 0 Å². The number of nitrogens with zero attached hydrogens (tertiary/aromatic N) is 1. The molecule has 0 saturated carbocycles. The Labute approximate surface area is 232 Å². The topological polar surface area (TPSA) is 157 Å². The first-order valence-electron chi connectivity index (χ1n) is 12.9. The maximum Gasteiger partial charge on any atom is 0.417 e. The van der Waals surface area contributed by atoms with Crippen LogP contribution in [-0.2, 0) is 30.9 Å². The highest BCUT2D eigenvalue weighted by Crippen LogP contribution is 2.19. The standard InChI is InChI=1S/C28H32N4O7S/c29-17-23-12-6-7-15-32(23)28(35)39-26(33)25(31-27(34)38-19-20-8-2-1-3-9-20)18-30-40(36,37)24-14-13-21-10-4-5-11-22(21)16-24/h1-5,8-11,13-14,16,23,25,30H,6-7,12,15,17-19,29H2,(H,31,34)/t23?,25-/m0/s1. The lowest BCUT2D eigenvalue weighted by molar-refractivity contribution is -0.140. The minimum Gasteiger partial charge on any atom is -0.445 e. The van der Waals surface area contributed by atoms with Gasteiger partial charge in [-0.2, -0.15) is 0 Å². The summed E-state index contributed by atoms with van der Waals surface area (Å²) >= 11 is 0. The average molecular weight is 569 g/mol. The molecular formula is C28H32N4O7S. The number of ether oxygens (including phenoxy) is 2. The molecule has 3 aromatic rings. The van der Waals surface area contributed by atoms with E-state index in [1.165, 1.54) is 17.0 Å². The lowest BCUT2D eigenvalue weighted by Gasteiger charge is -2.34. The molecule has 4 N–H and O–H groups in total. The van der Waals surface area contributed by atoms with Gasteiger partial charge in [0.25, 0.3) is 0 Å². The van der Waals surface area contributed by atoms with Crippen molar-refractivity contribution in [2.24, 2.45) is 5.73 Å². The average Bonchev–Trinajstić information content (AvgIpc) is 2.98. The number of hydrogen-bond donors (Lipinski definition) is 3. The fraction of sp³-hybridized carbons (Fsp3) is 0.321. The van der Waals surface area contributed by atoms with Crippen LogP contribution in [0.2, 0.25) is 0 Å². The van der Waals surface area contributed by atoms with Gasteiger partial charge < -0.3 is 25.4 Å². The first-order valence-corrected chi connectivity index (χ1v) is 14.4. The predicted molar refractivity (Wildman–Crippen MR) is 148 cm³/mol. The van der Waals surface area contributed by atoms with Crippen molar-refractivity contribution in [2.45, 2.75) is 42.8 Å². The first kappa shape index (κ1) is 29.0. The molecule has 1 unspecified atom stereocenters. The van der Waals surface area contributed by atoms with Crippen molar-refractivity contribution in [3.63, 3.8) is 0 Å². The number of hydrogen-bond acceptors (Lipinski definition) is 8. The second-order valence-corrected chi connectivity index (χ2v) is 11.2. The Kier molecular flexibility index (Phi) is 9.70. The molecule has 0 aliphatic carbocycles. The fourth-order valence-corrected chi connectivity index (χ4v) is 5.50. The summed E-state index contributed by atoms with van der Waals surface area (Å²) in [5, 5.41) is 3.89. The largest absolute Gasteiger partial charge is 0.445 e. The molecule has 0 aromatic heterocycles. The number of piperidine rings is 1. The molecule has 2 atom stereocenters. The highest BCUT2D eigenvalue weighted by molar-refractivity contribution is 7.89. The molecule has 1 fully saturated rings. The lowest BCUT2D eigenvalue weighted by atomic mass is 10.0. The minimum atomic E-state index is -4.09. The third kappa shape index (κ3) is 7.56. The van der Waals surface area contributed by atoms with Gasteiger partial charge in [0.05, 0.1) is 4.90 Å². The van der Waals surface area contributed by atoms with Gasteiger partial charge in [-0.1, -0.05) is 60.7 Å². The van der Waals surface area contributed by atoms with Gasteiger partial charge in [-0.05, 0) is 47.7 Å². The Morgan fingerprint density at radius 2 is 1.70 bits per heavy atom. The van der Waals surface area contributed by atoms with Crippen molar-refractivity contribution in [1.82, 2.24) is 14.9 Å². The van der Waals surface area contributed by atoms with Gasteiger partial charge in [-0.3, -0.25) is 0 Å². The summed E-state index contributed by atoms with van der Waals surface area (Å²) in [5.41, 5.74) is 6.48. The van der Waals surface area contributed by atoms with Crippen LogP contribution in [0.4, 0.5) is 9.59 Å². The molecule has 0 bridgehead atoms. The molecule has 1 heterocycles. The van der Waals surface area contributed by atoms with Gasteiger partial charge in [0.1, 0.15) is 12.6 Å². The summed E-state index contributed by atoms with van der Waals surface area (Å²) in [6, 6.07) is 18.9. The summed E-state index contributed by atoms with van der Waals surface area (Å²) in [5.74, 6) is -1.13. The monoisotopic (exact) mass is 568 g/mol. The zero-order valence-electron chi connectivity index (χ0n) is 21.8. The van der Waals surface area contributed by atoms with Crippen LogP contribution in [0.25, 0.3) is 10.8 Å². The molecule has 1 aliphatic rings. The molecule has 3 aromatic carbocycles. The Morgan fingerprint density at radius 1 is 0.975 bits per heavy atom. The maximum absolute atomic E-state index is 13.1. The van der Waals surface area contributed by atoms with E-state index in [1.54, 1.807) is 42.5 Å². The van der Waals surface area contributed by atoms with Gasteiger partial charge in [0, 0.05) is 25.7 Å². The quantitative estimate of drug-likeness (QED) is 0.263. The summed E-state index contributed by atoms with van der Waals surface area (Å²) in [4.78, 5) is 39.7. The van der Waals surface area contributed by atoms with Crippen molar-refractivity contribution in [1.29, 1.82) is 0 Å². The highest BCUT2D eigenvalue weighted by Gasteiger charge is 2.32. The number of carbonyl (C=O) groups excluding carboxylic acids is 3. The molecule has 1 aliphatic heterocycles. The number of amides is 2. The van der Waals surface area contributed by atoms with E-state index in [1.807, 2.05) is 18.2 Å². The number of nitrogens with two attached hydrogens (primary N) is 1. The third-order valence-electron chi connectivity index (χ3n) is 6.62. The zero-order chi connectivity index (χ0) is 28.5. The van der Waals surface area contributed by atoms with Gasteiger partial charge in [-0.15, -0.1) is 0 Å². The van der Waals surface area contributed by atoms with E-state index in [0.29, 0.717) is 23.9 Å². The molecule has 2 amide bonds. The highest BCUT2D eigenvalue weighted by atomic mass is 32.2. The van der Waals surface area contributed by atoms with E-state index in [4.69, 9.17) is 15.2 Å². The number of carbonyl (C=O) groups is 3. The minimum absolute atomic E-state index is 0.0276. The molecule has 11 nitrogen and oxygen atoms in total. The third-order valence-corrected chi connectivity index (χ3v) is 8.04. The van der Waals surface area contributed by atoms with Gasteiger partial charge >= 0.3 is 18.2 Å². The van der Waals surface area contributed by atoms with E-state index in [0.717, 1.165) is 18.2 Å². The van der Waals surface area contributed by atoms with Crippen LogP contribution in [0, 0.1) is 0 Å². The molecule has 1 saturated heterocycles. The molecule has 12 heteroatoms. The second kappa shape index (κ2) is 13.4. The Hall–Kier alpha value is -4.00. The van der Waals surface area contributed by atoms with E-state index in [9.17, 15) is 22.8 Å². The number of likely N-dealkylation sites (tertiary alicyclic amines) is 1. The van der Waals surface area contributed by atoms with E-state index >= 15 is 0 Å². The number of benzene rings is 3. The molecule has 4 rings (SSSR count). The van der Waals surface area contributed by atoms with Crippen LogP contribution in [0.15, 0.2) is 77.7 Å². The van der Waals surface area contributed by atoms with E-state index in [2.05, 4.69) is 10.0 Å². The Balaban J connectivity index is 1.46. The van der Waals surface area contributed by atoms with Crippen molar-refractivity contribution in [3.05, 3.63) is 78.4 Å². The van der Waals surface area contributed by atoms with Crippen LogP contribution in [0.1, 0.15) is 24.8 Å². The number of sulfonamides is 1. The summed E-state index contributed by atoms with van der Waals surface area (Å²) < 4.78 is 38.7. The van der Waals surface area contributed by atoms with Gasteiger partial charge in [0.2, 0.25) is 10.0 Å². The maximum atomic E-state index is 13.1. The summed E-state index contributed by atoms with van der Waals surface area (Å²) in [6.07, 6.45) is 0.425. The molecule has 0 spiro atoms. The summed E-state index contributed by atoms with van der Waals surface area (Å²) in [7, 11) is -4.09. The zero-order valence-corrected chi connectivity index (χ0v) is 22.6. The molecule has 212 valence electrons. The van der Waals surface area contributed by atoms with Crippen LogP contribution in [0.5, 0.6) is 0 Å². The SMILES string of the molecule is NCC1CCCCN1C(=O)OC(=O)[C@H](CNS(=O)(=O)c1ccc2ccccc2c1)NC(=O)OCc1ccccc1. The first-order chi connectivity index (χ1) is 19.3. The lowest BCUT2D eigenvalue weighted by Crippen LogP contribution is -2.52. The van der Waals surface area contributed by atoms with Crippen LogP contribution >= 0.6 is 0 Å². The Morgan fingerprint density at radius 3 is 2.45 bits per heavy atom. The number of fused-ring (bicyclic) bond motifs is 1. The van der Waals surface area contributed by atoms with Crippen LogP contribution < -0.4 is 15.8 Å². The normalized spacial score (nSPS) is 16.2. The number of esters is 1. The number of alkyl carbamates (subject to hydrolysis) is 1. The van der Waals surface area contributed by atoms with E-state index < -0.39 is 40.8 Å². The Bertz CT molecular complexity index is 1450. The fourth-order valence-electron chi connectivity index (χ4n) is 4.41. The molecule has 40 heavy (non-hydrogen) atoms. The van der Waals surface area contributed by atoms with E-state index in [-0.39, 0.29) is 24.1 Å². The number of nitrogens with one attached hydrogen (secondary N) is 2. The second-order valence-electron chi connectivity index (χ2n) is 9.39. The smallest absolute Gasteiger partial charge is 0.417 e. The predicted octanol–water partition coefficient (Wildman–Crippen LogP) is 2.89. The van der Waals surface area contributed by atoms with Crippen molar-refractivity contribution in [2.75, 3.05) is 19.6 Å². The van der Waals surface area contributed by atoms with Crippen LogP contribution in [0.3, 0.4) is 0 Å². The summed E-state index contributed by atoms with van der Waals surface area (Å²) in [6.45, 7) is -0.0771. The van der Waals surface area contributed by atoms with Crippen molar-refractivity contribution >= 4 is 39.0 Å². The van der Waals surface area contributed by atoms with Crippen molar-refractivity contribution < 1.29 is 32.3 Å².